The minimum Gasteiger partial charge on any atom is -0.491 e. The van der Waals surface area contributed by atoms with Crippen molar-refractivity contribution in [2.45, 2.75) is 32.4 Å². The van der Waals surface area contributed by atoms with Crippen molar-refractivity contribution in [3.8, 4) is 17.1 Å². The van der Waals surface area contributed by atoms with Crippen LogP contribution in [0.1, 0.15) is 20.3 Å². The molecule has 0 amide bonds. The van der Waals surface area contributed by atoms with Crippen molar-refractivity contribution < 1.29 is 4.74 Å². The first-order chi connectivity index (χ1) is 12.2. The first kappa shape index (κ1) is 15.8. The molecule has 0 bridgehead atoms. The van der Waals surface area contributed by atoms with Crippen LogP contribution in [0.2, 0.25) is 0 Å². The van der Waals surface area contributed by atoms with Gasteiger partial charge in [0.05, 0.1) is 30.4 Å². The third-order valence-electron chi connectivity index (χ3n) is 4.17. The molecular formula is C18H22N6O. The number of hydrogen-bond donors (Lipinski definition) is 2. The number of hydrogen-bond acceptors (Lipinski definition) is 6. The van der Waals surface area contributed by atoms with Crippen LogP contribution in [0.4, 0.5) is 5.82 Å². The highest BCUT2D eigenvalue weighted by Crippen LogP contribution is 2.23. The summed E-state index contributed by atoms with van der Waals surface area (Å²) in [6.45, 7) is 6.02. The van der Waals surface area contributed by atoms with Gasteiger partial charge < -0.3 is 15.4 Å². The summed E-state index contributed by atoms with van der Waals surface area (Å²) in [5, 5.41) is 6.78. The van der Waals surface area contributed by atoms with Crippen molar-refractivity contribution in [3.63, 3.8) is 0 Å². The van der Waals surface area contributed by atoms with Crippen molar-refractivity contribution in [2.24, 2.45) is 0 Å². The largest absolute Gasteiger partial charge is 0.491 e. The molecule has 0 unspecified atom stereocenters. The molecule has 1 saturated heterocycles. The Bertz CT molecular complexity index is 869. The number of anilines is 1. The van der Waals surface area contributed by atoms with Crippen LogP contribution >= 0.6 is 0 Å². The fourth-order valence-corrected chi connectivity index (χ4v) is 3.04. The Morgan fingerprint density at radius 3 is 3.04 bits per heavy atom. The molecule has 3 aromatic heterocycles. The number of aromatic nitrogens is 4. The molecule has 130 valence electrons. The first-order valence-corrected chi connectivity index (χ1v) is 8.62. The van der Waals surface area contributed by atoms with Crippen molar-refractivity contribution >= 4 is 11.5 Å². The summed E-state index contributed by atoms with van der Waals surface area (Å²) >= 11 is 0. The van der Waals surface area contributed by atoms with Gasteiger partial charge in [-0.1, -0.05) is 0 Å². The second kappa shape index (κ2) is 6.68. The number of imidazole rings is 1. The van der Waals surface area contributed by atoms with Crippen LogP contribution in [-0.4, -0.2) is 44.6 Å². The molecule has 0 saturated carbocycles. The van der Waals surface area contributed by atoms with E-state index in [9.17, 15) is 0 Å². The van der Waals surface area contributed by atoms with Gasteiger partial charge >= 0.3 is 0 Å². The summed E-state index contributed by atoms with van der Waals surface area (Å²) in [6, 6.07) is 4.28. The molecule has 7 heteroatoms. The zero-order chi connectivity index (χ0) is 17.2. The number of nitrogens with one attached hydrogen (secondary N) is 2. The highest BCUT2D eigenvalue weighted by atomic mass is 16.5. The van der Waals surface area contributed by atoms with Crippen LogP contribution in [0.3, 0.4) is 0 Å². The molecular weight excluding hydrogens is 316 g/mol. The van der Waals surface area contributed by atoms with Gasteiger partial charge in [-0.2, -0.15) is 0 Å². The third kappa shape index (κ3) is 3.41. The lowest BCUT2D eigenvalue weighted by Gasteiger charge is -2.12. The first-order valence-electron chi connectivity index (χ1n) is 8.62. The molecule has 7 nitrogen and oxygen atoms in total. The van der Waals surface area contributed by atoms with E-state index >= 15 is 0 Å². The minimum absolute atomic E-state index is 0.135. The zero-order valence-electron chi connectivity index (χ0n) is 14.4. The van der Waals surface area contributed by atoms with Gasteiger partial charge in [-0.25, -0.2) is 9.97 Å². The van der Waals surface area contributed by atoms with Gasteiger partial charge in [0, 0.05) is 24.8 Å². The molecule has 1 fully saturated rings. The van der Waals surface area contributed by atoms with Crippen LogP contribution in [0, 0.1) is 0 Å². The molecule has 4 rings (SSSR count). The molecule has 4 heterocycles. The highest BCUT2D eigenvalue weighted by Gasteiger charge is 2.15. The molecule has 1 aliphatic rings. The minimum atomic E-state index is 0.135. The molecule has 0 aromatic carbocycles. The van der Waals surface area contributed by atoms with E-state index in [-0.39, 0.29) is 6.10 Å². The van der Waals surface area contributed by atoms with Crippen LogP contribution in [0.15, 0.2) is 36.9 Å². The topological polar surface area (TPSA) is 76.4 Å². The van der Waals surface area contributed by atoms with Gasteiger partial charge in [0.1, 0.15) is 22.9 Å². The number of pyridine rings is 1. The van der Waals surface area contributed by atoms with Gasteiger partial charge in [-0.3, -0.25) is 9.38 Å². The summed E-state index contributed by atoms with van der Waals surface area (Å²) in [5.41, 5.74) is 2.53. The second-order valence-electron chi connectivity index (χ2n) is 6.52. The van der Waals surface area contributed by atoms with Gasteiger partial charge in [-0.15, -0.1) is 0 Å². The van der Waals surface area contributed by atoms with Gasteiger partial charge in [0.15, 0.2) is 0 Å². The number of rotatable bonds is 5. The van der Waals surface area contributed by atoms with E-state index in [0.717, 1.165) is 48.1 Å². The van der Waals surface area contributed by atoms with Crippen LogP contribution in [-0.2, 0) is 0 Å². The van der Waals surface area contributed by atoms with Crippen molar-refractivity contribution in [3.05, 3.63) is 36.9 Å². The maximum absolute atomic E-state index is 5.73. The Balaban J connectivity index is 1.62. The van der Waals surface area contributed by atoms with E-state index in [1.54, 1.807) is 12.4 Å². The molecule has 1 atom stereocenters. The van der Waals surface area contributed by atoms with Gasteiger partial charge in [-0.05, 0) is 32.9 Å². The Morgan fingerprint density at radius 1 is 1.32 bits per heavy atom. The Morgan fingerprint density at radius 2 is 2.24 bits per heavy atom. The Hall–Kier alpha value is -2.67. The predicted molar refractivity (Wildman–Crippen MR) is 96.9 cm³/mol. The zero-order valence-corrected chi connectivity index (χ0v) is 14.4. The smallest absolute Gasteiger partial charge is 0.145 e. The van der Waals surface area contributed by atoms with E-state index in [1.807, 2.05) is 42.8 Å². The van der Waals surface area contributed by atoms with Crippen molar-refractivity contribution in [2.75, 3.05) is 18.4 Å². The maximum Gasteiger partial charge on any atom is 0.145 e. The van der Waals surface area contributed by atoms with E-state index in [1.165, 1.54) is 0 Å². The summed E-state index contributed by atoms with van der Waals surface area (Å²) in [6.07, 6.45) is 8.53. The summed E-state index contributed by atoms with van der Waals surface area (Å²) in [4.78, 5) is 13.5. The maximum atomic E-state index is 5.73. The normalized spacial score (nSPS) is 17.3. The quantitative estimate of drug-likeness (QED) is 0.744. The molecule has 1 aliphatic heterocycles. The molecule has 25 heavy (non-hydrogen) atoms. The van der Waals surface area contributed by atoms with E-state index < -0.39 is 0 Å². The average molecular weight is 338 g/mol. The second-order valence-corrected chi connectivity index (χ2v) is 6.52. The lowest BCUT2D eigenvalue weighted by molar-refractivity contribution is 0.242. The van der Waals surface area contributed by atoms with Crippen molar-refractivity contribution in [1.82, 2.24) is 24.7 Å². The molecule has 3 aromatic rings. The van der Waals surface area contributed by atoms with Crippen LogP contribution < -0.4 is 15.4 Å². The highest BCUT2D eigenvalue weighted by molar-refractivity contribution is 5.61. The Kier molecular flexibility index (Phi) is 4.23. The summed E-state index contributed by atoms with van der Waals surface area (Å²) in [7, 11) is 0. The van der Waals surface area contributed by atoms with E-state index in [0.29, 0.717) is 6.04 Å². The third-order valence-corrected chi connectivity index (χ3v) is 4.17. The Labute approximate surface area is 146 Å². The number of nitrogens with zero attached hydrogens (tertiary/aromatic N) is 4. The molecule has 2 N–H and O–H groups in total. The SMILES string of the molecule is CC(C)Oc1ccn2c(-c3cncc(N[C@@H]4CCNC4)n3)cnc2c1. The van der Waals surface area contributed by atoms with Crippen LogP contribution in [0.25, 0.3) is 17.0 Å². The average Bonchev–Trinajstić information content (AvgIpc) is 3.23. The molecule has 0 spiro atoms. The monoisotopic (exact) mass is 338 g/mol. The number of fused-ring (bicyclic) bond motifs is 1. The standard InChI is InChI=1S/C18H22N6O/c1-12(2)25-14-4-6-24-16(10-21-18(24)7-14)15-9-20-11-17(23-15)22-13-3-5-19-8-13/h4,6-7,9-13,19H,3,5,8H2,1-2H3,(H,22,23)/t13-/m1/s1. The predicted octanol–water partition coefficient (Wildman–Crippen LogP) is 2.35. The van der Waals surface area contributed by atoms with Gasteiger partial charge in [0.2, 0.25) is 0 Å². The summed E-state index contributed by atoms with van der Waals surface area (Å²) < 4.78 is 7.73. The lowest BCUT2D eigenvalue weighted by Crippen LogP contribution is -2.22. The fourth-order valence-electron chi connectivity index (χ4n) is 3.04. The van der Waals surface area contributed by atoms with E-state index in [4.69, 9.17) is 9.72 Å². The molecule has 0 radical (unpaired) electrons. The summed E-state index contributed by atoms with van der Waals surface area (Å²) in [5.74, 6) is 1.61. The van der Waals surface area contributed by atoms with Gasteiger partial charge in [0.25, 0.3) is 0 Å². The van der Waals surface area contributed by atoms with E-state index in [2.05, 4.69) is 20.6 Å². The fraction of sp³-hybridized carbons (Fsp3) is 0.389. The number of ether oxygens (including phenoxy) is 1. The lowest BCUT2D eigenvalue weighted by atomic mass is 10.2. The molecule has 0 aliphatic carbocycles. The van der Waals surface area contributed by atoms with Crippen molar-refractivity contribution in [1.29, 1.82) is 0 Å². The van der Waals surface area contributed by atoms with Crippen LogP contribution in [0.5, 0.6) is 5.75 Å².